The van der Waals surface area contributed by atoms with E-state index in [4.69, 9.17) is 0 Å². The smallest absolute Gasteiger partial charge is 0.252 e. The highest BCUT2D eigenvalue weighted by atomic mass is 28.3. The second-order valence-corrected chi connectivity index (χ2v) is 33.1. The van der Waals surface area contributed by atoms with Gasteiger partial charge in [0.15, 0.2) is 16.1 Å². The molecule has 0 N–H and O–H groups in total. The van der Waals surface area contributed by atoms with Gasteiger partial charge in [0.1, 0.15) is 0 Å². The van der Waals surface area contributed by atoms with E-state index in [2.05, 4.69) is 403 Å². The summed E-state index contributed by atoms with van der Waals surface area (Å²) in [6.45, 7) is -0.208. The van der Waals surface area contributed by atoms with Gasteiger partial charge in [-0.05, 0) is 141 Å². The van der Waals surface area contributed by atoms with Crippen LogP contribution in [0, 0.1) is 0 Å². The fraction of sp³-hybridized carbons (Fsp3) is 0. The summed E-state index contributed by atoms with van der Waals surface area (Å²) in [4.78, 5) is 5.29. The Hall–Kier alpha value is -11.8. The lowest BCUT2D eigenvalue weighted by molar-refractivity contribution is 1.16. The molecule has 2 aliphatic rings. The normalized spacial score (nSPS) is 12.5. The summed E-state index contributed by atoms with van der Waals surface area (Å²) in [6.07, 6.45) is 0. The fourth-order valence-corrected chi connectivity index (χ4v) is 25.9. The van der Waals surface area contributed by atoms with Gasteiger partial charge < -0.3 is 14.4 Å². The van der Waals surface area contributed by atoms with Gasteiger partial charge in [-0.15, -0.1) is 0 Å². The Labute approximate surface area is 563 Å². The molecular formula is C90H64BN3Si2. The first-order chi connectivity index (χ1) is 47.6. The van der Waals surface area contributed by atoms with Gasteiger partial charge in [0.05, 0.1) is 16.7 Å². The third-order valence-electron chi connectivity index (χ3n) is 20.4. The monoisotopic (exact) mass is 1250 g/mol. The first-order valence-electron chi connectivity index (χ1n) is 33.3. The zero-order valence-electron chi connectivity index (χ0n) is 52.9. The molecule has 450 valence electrons. The molecule has 15 aromatic carbocycles. The highest BCUT2D eigenvalue weighted by Crippen LogP contribution is 2.47. The third-order valence-corrected chi connectivity index (χ3v) is 30.0. The van der Waals surface area contributed by atoms with E-state index in [0.717, 1.165) is 62.0 Å². The van der Waals surface area contributed by atoms with Crippen LogP contribution in [0.2, 0.25) is 0 Å². The lowest BCUT2D eigenvalue weighted by Gasteiger charge is -2.46. The lowest BCUT2D eigenvalue weighted by Crippen LogP contribution is -2.75. The minimum atomic E-state index is -3.11. The van der Waals surface area contributed by atoms with Crippen LogP contribution >= 0.6 is 0 Å². The largest absolute Gasteiger partial charge is 0.311 e. The second-order valence-electron chi connectivity index (χ2n) is 25.4. The molecule has 6 heteroatoms. The molecule has 18 rings (SSSR count). The topological polar surface area (TPSA) is 11.4 Å². The van der Waals surface area contributed by atoms with Crippen molar-refractivity contribution in [2.75, 3.05) is 9.80 Å². The van der Waals surface area contributed by atoms with Crippen molar-refractivity contribution in [3.05, 3.63) is 388 Å². The molecule has 1 aromatic heterocycles. The Morgan fingerprint density at radius 3 is 0.854 bits per heavy atom. The van der Waals surface area contributed by atoms with E-state index in [0.29, 0.717) is 0 Å². The molecule has 0 spiro atoms. The molecule has 0 unspecified atom stereocenters. The molecule has 0 radical (unpaired) electrons. The number of nitrogens with zero attached hydrogens (tertiary/aromatic N) is 3. The summed E-state index contributed by atoms with van der Waals surface area (Å²) >= 11 is 0. The van der Waals surface area contributed by atoms with Crippen molar-refractivity contribution in [1.82, 2.24) is 4.57 Å². The van der Waals surface area contributed by atoms with Gasteiger partial charge in [0.25, 0.3) is 6.71 Å². The number of benzene rings is 15. The molecule has 0 atom stereocenters. The van der Waals surface area contributed by atoms with Crippen LogP contribution in [0.25, 0.3) is 49.7 Å². The van der Waals surface area contributed by atoms with Crippen LogP contribution in [0.1, 0.15) is 0 Å². The first-order valence-corrected chi connectivity index (χ1v) is 37.3. The zero-order valence-corrected chi connectivity index (χ0v) is 54.9. The van der Waals surface area contributed by atoms with Gasteiger partial charge in [-0.2, -0.15) is 0 Å². The standard InChI is InChI=1S/C90H64BN3Si2/c1-9-31-65(32-10-1)67-35-29-37-69(59-67)92-86-63-78(95(72-39-13-3-14-40-72,73-41-15-4-16-42-73)74-43-17-5-18-44-74)55-57-82(86)91-83-58-56-79(96(75-45-19-6-20-46-75,76-47-21-7-22-48-76)77-49-23-8-24-50-77)64-87(83)93(70-38-30-36-68(60-70)66-33-11-2-12-34-66)89-62-71(61-88(92)90(89)91)94-84-53-27-25-51-80(84)81-52-26-28-54-85(81)94/h1-64H. The maximum absolute atomic E-state index is 3.11. The predicted octanol–water partition coefficient (Wildman–Crippen LogP) is 15.0. The van der Waals surface area contributed by atoms with Crippen LogP contribution in [0.15, 0.2) is 388 Å². The maximum Gasteiger partial charge on any atom is 0.252 e. The number of rotatable bonds is 13. The van der Waals surface area contributed by atoms with Gasteiger partial charge in [0.2, 0.25) is 0 Å². The Morgan fingerprint density at radius 2 is 0.510 bits per heavy atom. The Bertz CT molecular complexity index is 5010. The molecule has 0 aliphatic carbocycles. The summed E-state index contributed by atoms with van der Waals surface area (Å²) in [7, 11) is -6.22. The van der Waals surface area contributed by atoms with Gasteiger partial charge in [-0.3, -0.25) is 0 Å². The van der Waals surface area contributed by atoms with Crippen molar-refractivity contribution in [2.45, 2.75) is 0 Å². The predicted molar refractivity (Wildman–Crippen MR) is 413 cm³/mol. The van der Waals surface area contributed by atoms with Gasteiger partial charge >= 0.3 is 0 Å². The third kappa shape index (κ3) is 9.09. The van der Waals surface area contributed by atoms with Gasteiger partial charge in [-0.25, -0.2) is 0 Å². The van der Waals surface area contributed by atoms with Crippen LogP contribution in [0.5, 0.6) is 0 Å². The molecule has 0 fully saturated rings. The van der Waals surface area contributed by atoms with E-state index in [1.807, 2.05) is 0 Å². The number of hydrogen-bond acceptors (Lipinski definition) is 2. The summed E-state index contributed by atoms with van der Waals surface area (Å²) < 4.78 is 2.53. The van der Waals surface area contributed by atoms with E-state index in [-0.39, 0.29) is 6.71 Å². The number of hydrogen-bond donors (Lipinski definition) is 0. The molecule has 0 bridgehead atoms. The Kier molecular flexibility index (Phi) is 14.0. The number of anilines is 6. The summed E-state index contributed by atoms with van der Waals surface area (Å²) in [5.41, 5.74) is 18.6. The quantitative estimate of drug-likeness (QED) is 0.0842. The molecule has 2 aliphatic heterocycles. The van der Waals surface area contributed by atoms with Crippen molar-refractivity contribution >= 4 is 137 Å². The molecule has 0 saturated carbocycles. The van der Waals surface area contributed by atoms with Crippen molar-refractivity contribution in [3.63, 3.8) is 0 Å². The van der Waals surface area contributed by atoms with Crippen LogP contribution in [0.3, 0.4) is 0 Å². The van der Waals surface area contributed by atoms with Crippen LogP contribution in [0.4, 0.5) is 34.1 Å². The Morgan fingerprint density at radius 1 is 0.208 bits per heavy atom. The van der Waals surface area contributed by atoms with E-state index in [1.54, 1.807) is 0 Å². The van der Waals surface area contributed by atoms with Crippen molar-refractivity contribution in [2.24, 2.45) is 0 Å². The number of para-hydroxylation sites is 2. The Balaban J connectivity index is 1.01. The molecular weight excluding hydrogens is 1190 g/mol. The van der Waals surface area contributed by atoms with E-state index >= 15 is 0 Å². The minimum absolute atomic E-state index is 0.208. The highest BCUT2D eigenvalue weighted by molar-refractivity contribution is 7.20. The molecule has 3 nitrogen and oxygen atoms in total. The highest BCUT2D eigenvalue weighted by Gasteiger charge is 2.49. The molecule has 0 amide bonds. The first kappa shape index (κ1) is 56.9. The SMILES string of the molecule is c1ccc(-c2cccc(N3c4cc([Si](c5ccccc5)(c5ccccc5)c5ccccc5)ccc4B4c5ccc([Si](c6ccccc6)(c6ccccc6)c6ccccc6)cc5N(c5cccc(-c6ccccc6)c5)c5cc(-n6c7ccccc7c7ccccc76)cc3c54)c2)cc1. The van der Waals surface area contributed by atoms with Crippen molar-refractivity contribution in [3.8, 4) is 27.9 Å². The second kappa shape index (κ2) is 23.6. The average Bonchev–Trinajstić information content (AvgIpc) is 0.744. The maximum atomic E-state index is 2.65. The summed E-state index contributed by atoms with van der Waals surface area (Å²) in [5, 5.41) is 13.1. The van der Waals surface area contributed by atoms with Crippen LogP contribution < -0.4 is 67.7 Å². The van der Waals surface area contributed by atoms with E-state index in [1.165, 1.54) is 79.8 Å². The molecule has 0 saturated heterocycles. The fourth-order valence-electron chi connectivity index (χ4n) is 16.4. The average molecular weight is 1250 g/mol. The zero-order chi connectivity index (χ0) is 63.6. The number of aromatic nitrogens is 1. The molecule has 16 aromatic rings. The minimum Gasteiger partial charge on any atom is -0.311 e. The van der Waals surface area contributed by atoms with Crippen molar-refractivity contribution < 1.29 is 0 Å². The van der Waals surface area contributed by atoms with Crippen LogP contribution in [-0.4, -0.2) is 27.4 Å². The van der Waals surface area contributed by atoms with Crippen LogP contribution in [-0.2, 0) is 0 Å². The van der Waals surface area contributed by atoms with E-state index in [9.17, 15) is 0 Å². The van der Waals surface area contributed by atoms with Crippen molar-refractivity contribution in [1.29, 1.82) is 0 Å². The lowest BCUT2D eigenvalue weighted by atomic mass is 9.33. The summed E-state index contributed by atoms with van der Waals surface area (Å²) in [5.74, 6) is 0. The summed E-state index contributed by atoms with van der Waals surface area (Å²) in [6, 6.07) is 147. The van der Waals surface area contributed by atoms with Gasteiger partial charge in [-0.1, -0.05) is 328 Å². The number of fused-ring (bicyclic) bond motifs is 7. The molecule has 96 heavy (non-hydrogen) atoms. The van der Waals surface area contributed by atoms with Gasteiger partial charge in [0, 0.05) is 44.9 Å². The molecule has 3 heterocycles. The van der Waals surface area contributed by atoms with E-state index < -0.39 is 16.1 Å².